The third-order valence-corrected chi connectivity index (χ3v) is 14.2. The van der Waals surface area contributed by atoms with E-state index >= 15 is 4.39 Å². The molecule has 3 aliphatic heterocycles. The average molecular weight is 794 g/mol. The third-order valence-electron chi connectivity index (χ3n) is 9.91. The molecule has 2 unspecified atom stereocenters. The van der Waals surface area contributed by atoms with E-state index in [4.69, 9.17) is 4.98 Å². The maximum atomic E-state index is 16.5. The lowest BCUT2D eigenvalue weighted by Crippen LogP contribution is -2.46. The van der Waals surface area contributed by atoms with Gasteiger partial charge in [0.1, 0.15) is 20.5 Å². The molecule has 0 amide bonds. The molecule has 5 heterocycles. The Morgan fingerprint density at radius 2 is 1.68 bits per heavy atom. The normalized spacial score (nSPS) is 23.1. The molecule has 2 aromatic carbocycles. The number of alkyl halides is 3. The van der Waals surface area contributed by atoms with Crippen LogP contribution in [0.25, 0.3) is 21.8 Å². The summed E-state index contributed by atoms with van der Waals surface area (Å²) in [5.74, 6) is -2.61. The van der Waals surface area contributed by atoms with E-state index in [2.05, 4.69) is 26.3 Å². The number of piperidine rings is 1. The summed E-state index contributed by atoms with van der Waals surface area (Å²) in [6.07, 6.45) is -0.234. The third kappa shape index (κ3) is 7.28. The maximum Gasteiger partial charge on any atom is 0.417 e. The van der Waals surface area contributed by atoms with Crippen molar-refractivity contribution in [3.8, 4) is 27.9 Å². The highest BCUT2D eigenvalue weighted by Gasteiger charge is 2.48. The van der Waals surface area contributed by atoms with Crippen LogP contribution in [0.2, 0.25) is 0 Å². The number of sulfonamides is 1. The number of anilines is 3. The minimum atomic E-state index is -5.30. The number of fused-ring (bicyclic) bond motifs is 2. The number of aromatic nitrogens is 3. The van der Waals surface area contributed by atoms with Crippen LogP contribution in [0.1, 0.15) is 51.0 Å². The van der Waals surface area contributed by atoms with E-state index < -0.39 is 59.2 Å². The molecule has 19 heteroatoms. The second kappa shape index (κ2) is 13.5. The lowest BCUT2D eigenvalue weighted by atomic mass is 9.78. The highest BCUT2D eigenvalue weighted by molar-refractivity contribution is 7.92. The van der Waals surface area contributed by atoms with E-state index in [-0.39, 0.29) is 46.8 Å². The zero-order valence-electron chi connectivity index (χ0n) is 28.0. The molecule has 2 N–H and O–H groups in total. The van der Waals surface area contributed by atoms with Crippen LogP contribution in [0.4, 0.5) is 38.7 Å². The summed E-state index contributed by atoms with van der Waals surface area (Å²) in [6.45, 7) is 1.92. The van der Waals surface area contributed by atoms with Crippen LogP contribution in [0.3, 0.4) is 0 Å². The Morgan fingerprint density at radius 3 is 2.34 bits per heavy atom. The Morgan fingerprint density at radius 1 is 1.00 bits per heavy atom. The summed E-state index contributed by atoms with van der Waals surface area (Å²) >= 11 is 1.21. The first-order valence-electron chi connectivity index (χ1n) is 16.7. The Bertz CT molecular complexity index is 2320. The average Bonchev–Trinajstić information content (AvgIpc) is 3.65. The minimum Gasteiger partial charge on any atom is -0.351 e. The number of nitrogens with zero attached hydrogens (tertiary/aromatic N) is 5. The van der Waals surface area contributed by atoms with Crippen LogP contribution >= 0.6 is 11.3 Å². The number of hydrogen-bond donors (Lipinski definition) is 2. The Labute approximate surface area is 306 Å². The Balaban J connectivity index is 1.29. The van der Waals surface area contributed by atoms with Crippen LogP contribution in [-0.4, -0.2) is 61.4 Å². The summed E-state index contributed by atoms with van der Waals surface area (Å²) < 4.78 is 125. The van der Waals surface area contributed by atoms with Gasteiger partial charge < -0.3 is 10.2 Å². The smallest absolute Gasteiger partial charge is 0.351 e. The fourth-order valence-corrected chi connectivity index (χ4v) is 11.5. The standard InChI is InChI=1S/C34H32F5N7O4S3/c1-33(18-40)16-20-8-9-21(17-33)46(20)32-44-28(29(51-32)26-10-13-41-31(43-26)42-19-11-14-52(47,48)15-12-19)22-4-2-7-25(27(22)36)45-53(49,50)30-23(34(37,38)39)5-3-6-24(30)35/h2-7,10,13,19-21,45H,8-9,11-12,14-17H2,1H3,(H,41,42,43). The summed E-state index contributed by atoms with van der Waals surface area (Å²) in [7, 11) is -8.42. The fourth-order valence-electron chi connectivity index (χ4n) is 7.43. The zero-order valence-corrected chi connectivity index (χ0v) is 30.4. The van der Waals surface area contributed by atoms with Gasteiger partial charge in [-0.1, -0.05) is 23.5 Å². The summed E-state index contributed by atoms with van der Waals surface area (Å²) in [4.78, 5) is 14.6. The van der Waals surface area contributed by atoms with Gasteiger partial charge in [0.05, 0.1) is 50.5 Å². The molecule has 7 rings (SSSR count). The van der Waals surface area contributed by atoms with Crippen molar-refractivity contribution in [2.75, 3.05) is 26.4 Å². The van der Waals surface area contributed by atoms with Crippen molar-refractivity contribution in [1.29, 1.82) is 5.26 Å². The van der Waals surface area contributed by atoms with Gasteiger partial charge in [-0.15, -0.1) is 0 Å². The van der Waals surface area contributed by atoms with Crippen LogP contribution in [0, 0.1) is 28.4 Å². The first kappa shape index (κ1) is 36.9. The molecule has 53 heavy (non-hydrogen) atoms. The van der Waals surface area contributed by atoms with Crippen molar-refractivity contribution in [2.45, 2.75) is 74.6 Å². The number of thiazole rings is 1. The van der Waals surface area contributed by atoms with Crippen molar-refractivity contribution >= 4 is 48.0 Å². The number of rotatable bonds is 8. The number of hydrogen-bond acceptors (Lipinski definition) is 11. The highest BCUT2D eigenvalue weighted by Crippen LogP contribution is 2.50. The molecule has 2 atom stereocenters. The first-order chi connectivity index (χ1) is 25.0. The van der Waals surface area contributed by atoms with E-state index in [0.717, 1.165) is 25.0 Å². The quantitative estimate of drug-likeness (QED) is 0.178. The second-order valence-corrected chi connectivity index (χ2v) is 18.7. The molecule has 0 saturated carbocycles. The van der Waals surface area contributed by atoms with E-state index in [1.807, 2.05) is 11.6 Å². The van der Waals surface area contributed by atoms with E-state index in [9.17, 15) is 39.7 Å². The molecular weight excluding hydrogens is 762 g/mol. The van der Waals surface area contributed by atoms with Gasteiger partial charge in [0, 0.05) is 29.9 Å². The minimum absolute atomic E-state index is 0.0174. The molecular formula is C34H32F5N7O4S3. The lowest BCUT2D eigenvalue weighted by Gasteiger charge is -2.41. The monoisotopic (exact) mass is 793 g/mol. The van der Waals surface area contributed by atoms with E-state index in [1.54, 1.807) is 6.07 Å². The van der Waals surface area contributed by atoms with Gasteiger partial charge in [-0.3, -0.25) is 4.72 Å². The van der Waals surface area contributed by atoms with Gasteiger partial charge in [0.2, 0.25) is 5.95 Å². The molecule has 3 fully saturated rings. The topological polar surface area (TPSA) is 158 Å². The number of nitrogens with one attached hydrogen (secondary N) is 2. The molecule has 2 aromatic heterocycles. The van der Waals surface area contributed by atoms with Gasteiger partial charge in [-0.05, 0) is 75.8 Å². The largest absolute Gasteiger partial charge is 0.417 e. The highest BCUT2D eigenvalue weighted by atomic mass is 32.2. The SMILES string of the molecule is CC1(C#N)CC2CCC(C1)N2c1nc(-c2cccc(NS(=O)(=O)c3c(F)cccc3C(F)(F)F)c2F)c(-c2ccnc(NC3CCS(=O)(=O)CC3)n2)s1. The summed E-state index contributed by atoms with van der Waals surface area (Å²) in [5, 5.41) is 13.6. The molecule has 2 bridgehead atoms. The molecule has 3 saturated heterocycles. The first-order valence-corrected chi connectivity index (χ1v) is 20.8. The Hall–Kier alpha value is -4.41. The molecule has 3 aliphatic rings. The van der Waals surface area contributed by atoms with E-state index in [1.165, 1.54) is 29.7 Å². The maximum absolute atomic E-state index is 16.5. The molecule has 11 nitrogen and oxygen atoms in total. The Kier molecular flexibility index (Phi) is 9.38. The van der Waals surface area contributed by atoms with Gasteiger partial charge in [0.15, 0.2) is 10.9 Å². The van der Waals surface area contributed by atoms with E-state index in [0.29, 0.717) is 53.5 Å². The van der Waals surface area contributed by atoms with Gasteiger partial charge in [-0.2, -0.15) is 18.4 Å². The number of halogens is 5. The van der Waals surface area contributed by atoms with Crippen molar-refractivity contribution in [3.63, 3.8) is 0 Å². The molecule has 280 valence electrons. The predicted molar refractivity (Wildman–Crippen MR) is 188 cm³/mol. The zero-order chi connectivity index (χ0) is 37.9. The number of benzene rings is 2. The molecule has 0 spiro atoms. The molecule has 4 aromatic rings. The van der Waals surface area contributed by atoms with Crippen molar-refractivity contribution in [3.05, 3.63) is 65.9 Å². The summed E-state index contributed by atoms with van der Waals surface area (Å²) in [6, 6.07) is 9.08. The van der Waals surface area contributed by atoms with Crippen LogP contribution in [0.15, 0.2) is 53.6 Å². The van der Waals surface area contributed by atoms with Crippen LogP contribution in [-0.2, 0) is 26.0 Å². The van der Waals surface area contributed by atoms with Crippen molar-refractivity contribution in [2.24, 2.45) is 5.41 Å². The van der Waals surface area contributed by atoms with Crippen LogP contribution in [0.5, 0.6) is 0 Å². The fraction of sp³-hybridized carbons (Fsp3) is 0.412. The number of nitriles is 1. The van der Waals surface area contributed by atoms with Crippen molar-refractivity contribution in [1.82, 2.24) is 15.0 Å². The van der Waals surface area contributed by atoms with Gasteiger partial charge >= 0.3 is 6.18 Å². The van der Waals surface area contributed by atoms with Gasteiger partial charge in [-0.25, -0.2) is 40.6 Å². The number of sulfone groups is 1. The molecule has 0 aliphatic carbocycles. The van der Waals surface area contributed by atoms with Crippen LogP contribution < -0.4 is 14.9 Å². The second-order valence-electron chi connectivity index (χ2n) is 13.8. The predicted octanol–water partition coefficient (Wildman–Crippen LogP) is 7.02. The van der Waals surface area contributed by atoms with Crippen molar-refractivity contribution < 1.29 is 38.8 Å². The lowest BCUT2D eigenvalue weighted by molar-refractivity contribution is -0.140. The molecule has 0 radical (unpaired) electrons. The summed E-state index contributed by atoms with van der Waals surface area (Å²) in [5.41, 5.74) is -2.84. The van der Waals surface area contributed by atoms with Gasteiger partial charge in [0.25, 0.3) is 10.0 Å².